The third-order valence-corrected chi connectivity index (χ3v) is 4.61. The van der Waals surface area contributed by atoms with Crippen LogP contribution in [0.4, 0.5) is 0 Å². The maximum Gasteiger partial charge on any atom is 0.130 e. The predicted octanol–water partition coefficient (Wildman–Crippen LogP) is 6.18. The van der Waals surface area contributed by atoms with E-state index in [1.165, 1.54) is 16.7 Å². The highest BCUT2D eigenvalue weighted by atomic mass is 35.5. The van der Waals surface area contributed by atoms with Crippen LogP contribution in [0.25, 0.3) is 22.0 Å². The molecule has 0 aliphatic heterocycles. The van der Waals surface area contributed by atoms with Gasteiger partial charge in [-0.15, -0.1) is 0 Å². The molecule has 3 aromatic carbocycles. The lowest BCUT2D eigenvalue weighted by Gasteiger charge is -2.10. The van der Waals surface area contributed by atoms with Crippen molar-refractivity contribution < 1.29 is 4.74 Å². The molecule has 3 heteroatoms. The van der Waals surface area contributed by atoms with Crippen LogP contribution in [0.2, 0.25) is 5.02 Å². The first-order chi connectivity index (χ1) is 12.8. The number of pyridine rings is 1. The van der Waals surface area contributed by atoms with Gasteiger partial charge < -0.3 is 4.74 Å². The van der Waals surface area contributed by atoms with E-state index in [0.717, 1.165) is 23.1 Å². The van der Waals surface area contributed by atoms with Gasteiger partial charge in [-0.2, -0.15) is 0 Å². The number of rotatable bonds is 5. The highest BCUT2D eigenvalue weighted by Crippen LogP contribution is 2.26. The topological polar surface area (TPSA) is 22.1 Å². The van der Waals surface area contributed by atoms with Crippen molar-refractivity contribution in [3.63, 3.8) is 0 Å². The largest absolute Gasteiger partial charge is 0.492 e. The molecule has 26 heavy (non-hydrogen) atoms. The summed E-state index contributed by atoms with van der Waals surface area (Å²) in [7, 11) is 0. The number of ether oxygens (including phenoxy) is 1. The molecule has 1 aromatic heterocycles. The molecule has 0 N–H and O–H groups in total. The van der Waals surface area contributed by atoms with Gasteiger partial charge in [0.1, 0.15) is 5.75 Å². The lowest BCUT2D eigenvalue weighted by atomic mass is 10.0. The van der Waals surface area contributed by atoms with Crippen molar-refractivity contribution in [3.8, 4) is 16.9 Å². The normalized spacial score (nSPS) is 10.8. The number of benzene rings is 3. The van der Waals surface area contributed by atoms with Gasteiger partial charge in [0.2, 0.25) is 0 Å². The zero-order valence-corrected chi connectivity index (χ0v) is 15.0. The monoisotopic (exact) mass is 359 g/mol. The van der Waals surface area contributed by atoms with E-state index in [1.54, 1.807) is 6.20 Å². The van der Waals surface area contributed by atoms with Crippen LogP contribution in [-0.4, -0.2) is 11.6 Å². The molecular formula is C23H18ClNO. The minimum Gasteiger partial charge on any atom is -0.492 e. The molecule has 0 bridgehead atoms. The molecule has 1 heterocycles. The van der Waals surface area contributed by atoms with Gasteiger partial charge in [0, 0.05) is 23.0 Å². The molecule has 0 unspecified atom stereocenters. The van der Waals surface area contributed by atoms with Gasteiger partial charge in [-0.05, 0) is 41.0 Å². The van der Waals surface area contributed by atoms with E-state index >= 15 is 0 Å². The highest BCUT2D eigenvalue weighted by Gasteiger charge is 2.04. The molecule has 0 radical (unpaired) electrons. The van der Waals surface area contributed by atoms with Crippen LogP contribution in [0.1, 0.15) is 5.56 Å². The smallest absolute Gasteiger partial charge is 0.130 e. The van der Waals surface area contributed by atoms with Crippen molar-refractivity contribution in [1.29, 1.82) is 0 Å². The second-order valence-corrected chi connectivity index (χ2v) is 6.57. The number of halogens is 1. The summed E-state index contributed by atoms with van der Waals surface area (Å²) in [5.74, 6) is 0.840. The van der Waals surface area contributed by atoms with Crippen molar-refractivity contribution in [2.75, 3.05) is 6.61 Å². The molecule has 0 aliphatic rings. The Kier molecular flexibility index (Phi) is 4.85. The predicted molar refractivity (Wildman–Crippen MR) is 108 cm³/mol. The lowest BCUT2D eigenvalue weighted by Crippen LogP contribution is -2.02. The first-order valence-corrected chi connectivity index (χ1v) is 8.99. The Labute approximate surface area is 158 Å². The number of aromatic nitrogens is 1. The van der Waals surface area contributed by atoms with Crippen molar-refractivity contribution in [3.05, 3.63) is 95.6 Å². The van der Waals surface area contributed by atoms with Crippen molar-refractivity contribution >= 4 is 22.5 Å². The lowest BCUT2D eigenvalue weighted by molar-refractivity contribution is 0.325. The van der Waals surface area contributed by atoms with Crippen molar-refractivity contribution in [1.82, 2.24) is 4.98 Å². The minimum atomic E-state index is 0.617. The van der Waals surface area contributed by atoms with E-state index in [9.17, 15) is 0 Å². The summed E-state index contributed by atoms with van der Waals surface area (Å²) < 4.78 is 5.99. The Hall–Kier alpha value is -2.84. The van der Waals surface area contributed by atoms with Crippen molar-refractivity contribution in [2.24, 2.45) is 0 Å². The first kappa shape index (κ1) is 16.6. The number of fused-ring (bicyclic) bond motifs is 1. The van der Waals surface area contributed by atoms with E-state index < -0.39 is 0 Å². The number of hydrogen-bond donors (Lipinski definition) is 0. The number of nitrogens with zero attached hydrogens (tertiary/aromatic N) is 1. The van der Waals surface area contributed by atoms with Gasteiger partial charge in [0.15, 0.2) is 0 Å². The van der Waals surface area contributed by atoms with Gasteiger partial charge in [0.25, 0.3) is 0 Å². The molecule has 0 atom stereocenters. The summed E-state index contributed by atoms with van der Waals surface area (Å²) in [6.45, 7) is 0.617. The molecule has 0 aliphatic carbocycles. The second kappa shape index (κ2) is 7.59. The van der Waals surface area contributed by atoms with Gasteiger partial charge in [-0.25, -0.2) is 0 Å². The summed E-state index contributed by atoms with van der Waals surface area (Å²) in [4.78, 5) is 4.34. The average Bonchev–Trinajstić information content (AvgIpc) is 2.69. The van der Waals surface area contributed by atoms with Crippen LogP contribution in [0.3, 0.4) is 0 Å². The molecule has 2 nitrogen and oxygen atoms in total. The van der Waals surface area contributed by atoms with Gasteiger partial charge in [-0.1, -0.05) is 66.2 Å². The molecular weight excluding hydrogens is 342 g/mol. The zero-order valence-electron chi connectivity index (χ0n) is 14.2. The molecule has 0 amide bonds. The highest BCUT2D eigenvalue weighted by molar-refractivity contribution is 6.31. The third-order valence-electron chi connectivity index (χ3n) is 4.37. The second-order valence-electron chi connectivity index (χ2n) is 6.13. The fraction of sp³-hybridized carbons (Fsp3) is 0.0870. The summed E-state index contributed by atoms with van der Waals surface area (Å²) in [5, 5.41) is 1.66. The molecule has 128 valence electrons. The molecule has 4 rings (SSSR count). The van der Waals surface area contributed by atoms with E-state index in [0.29, 0.717) is 11.6 Å². The SMILES string of the molecule is Clc1ccc2c(OCCc3ccc(-c4ccccc4)cc3)ccnc2c1. The zero-order chi connectivity index (χ0) is 17.8. The van der Waals surface area contributed by atoms with E-state index in [2.05, 4.69) is 53.5 Å². The molecule has 4 aromatic rings. The van der Waals surface area contributed by atoms with E-state index in [-0.39, 0.29) is 0 Å². The summed E-state index contributed by atoms with van der Waals surface area (Å²) in [5.41, 5.74) is 4.57. The Morgan fingerprint density at radius 1 is 0.808 bits per heavy atom. The molecule has 0 saturated heterocycles. The average molecular weight is 360 g/mol. The van der Waals surface area contributed by atoms with Gasteiger partial charge in [0.05, 0.1) is 12.1 Å². The maximum absolute atomic E-state index is 6.03. The van der Waals surface area contributed by atoms with Crippen LogP contribution in [0.5, 0.6) is 5.75 Å². The Morgan fingerprint density at radius 3 is 2.38 bits per heavy atom. The standard InChI is InChI=1S/C23H18ClNO/c24-20-10-11-21-22(16-20)25-14-12-23(21)26-15-13-17-6-8-19(9-7-17)18-4-2-1-3-5-18/h1-12,14,16H,13,15H2. The minimum absolute atomic E-state index is 0.617. The van der Waals surface area contributed by atoms with Crippen LogP contribution in [0.15, 0.2) is 85.1 Å². The van der Waals surface area contributed by atoms with Crippen LogP contribution in [-0.2, 0) is 6.42 Å². The quantitative estimate of drug-likeness (QED) is 0.424. The number of hydrogen-bond acceptors (Lipinski definition) is 2. The summed E-state index contributed by atoms with van der Waals surface area (Å²) in [6.07, 6.45) is 2.61. The summed E-state index contributed by atoms with van der Waals surface area (Å²) >= 11 is 6.03. The van der Waals surface area contributed by atoms with Crippen LogP contribution >= 0.6 is 11.6 Å². The molecule has 0 saturated carbocycles. The fourth-order valence-electron chi connectivity index (χ4n) is 2.99. The third kappa shape index (κ3) is 3.71. The Bertz CT molecular complexity index is 1010. The first-order valence-electron chi connectivity index (χ1n) is 8.61. The Balaban J connectivity index is 1.42. The van der Waals surface area contributed by atoms with Crippen LogP contribution < -0.4 is 4.74 Å². The van der Waals surface area contributed by atoms with Crippen molar-refractivity contribution in [2.45, 2.75) is 6.42 Å². The van der Waals surface area contributed by atoms with Gasteiger partial charge in [-0.3, -0.25) is 4.98 Å². The van der Waals surface area contributed by atoms with Gasteiger partial charge >= 0.3 is 0 Å². The van der Waals surface area contributed by atoms with E-state index in [1.807, 2.05) is 30.3 Å². The molecule has 0 spiro atoms. The summed E-state index contributed by atoms with van der Waals surface area (Å²) in [6, 6.07) is 26.6. The van der Waals surface area contributed by atoms with E-state index in [4.69, 9.17) is 16.3 Å². The maximum atomic E-state index is 6.03. The molecule has 0 fully saturated rings. The Morgan fingerprint density at radius 2 is 1.58 bits per heavy atom. The van der Waals surface area contributed by atoms with Crippen LogP contribution in [0, 0.1) is 0 Å². The fourth-order valence-corrected chi connectivity index (χ4v) is 3.16.